The van der Waals surface area contributed by atoms with E-state index in [9.17, 15) is 26.7 Å². The highest BCUT2D eigenvalue weighted by Gasteiger charge is 2.60. The minimum Gasteiger partial charge on any atom is -0.370 e. The number of hydrogen-bond acceptors (Lipinski definition) is 3. The Kier molecular flexibility index (Phi) is 2.94. The van der Waals surface area contributed by atoms with Crippen molar-refractivity contribution in [2.75, 3.05) is 0 Å². The third-order valence-electron chi connectivity index (χ3n) is 3.15. The Labute approximate surface area is 102 Å². The monoisotopic (exact) mass is 280 g/mol. The van der Waals surface area contributed by atoms with Crippen LogP contribution in [0.15, 0.2) is 24.3 Å². The molecule has 1 aliphatic rings. The van der Waals surface area contributed by atoms with Gasteiger partial charge in [-0.25, -0.2) is 8.42 Å². The maximum Gasteiger partial charge on any atom is 0.500 e. The summed E-state index contributed by atoms with van der Waals surface area (Å²) in [6.07, 6.45) is 0.223. The van der Waals surface area contributed by atoms with Gasteiger partial charge in [0.2, 0.25) is 4.93 Å². The van der Waals surface area contributed by atoms with Gasteiger partial charge in [-0.1, -0.05) is 24.3 Å². The first-order valence-electron chi connectivity index (χ1n) is 5.32. The van der Waals surface area contributed by atoms with Crippen molar-refractivity contribution in [2.45, 2.75) is 29.7 Å². The summed E-state index contributed by atoms with van der Waals surface area (Å²) in [4.78, 5) is -2.86. The Morgan fingerprint density at radius 3 is 2.44 bits per heavy atom. The van der Waals surface area contributed by atoms with E-state index in [4.69, 9.17) is 0 Å². The zero-order chi connectivity index (χ0) is 13.6. The molecule has 3 nitrogen and oxygen atoms in total. The van der Waals surface area contributed by atoms with Gasteiger partial charge in [0.25, 0.3) is 9.84 Å². The second kappa shape index (κ2) is 3.96. The molecule has 18 heavy (non-hydrogen) atoms. The van der Waals surface area contributed by atoms with E-state index >= 15 is 0 Å². The van der Waals surface area contributed by atoms with Gasteiger partial charge in [0.05, 0.1) is 0 Å². The van der Waals surface area contributed by atoms with Crippen molar-refractivity contribution in [1.82, 2.24) is 0 Å². The second-order valence-corrected chi connectivity index (χ2v) is 6.39. The van der Waals surface area contributed by atoms with Crippen molar-refractivity contribution in [3.05, 3.63) is 35.4 Å². The first kappa shape index (κ1) is 13.4. The number of fused-ring (bicyclic) bond motifs is 1. The second-order valence-electron chi connectivity index (χ2n) is 4.24. The Morgan fingerprint density at radius 1 is 1.22 bits per heavy atom. The molecule has 1 aromatic rings. The first-order valence-corrected chi connectivity index (χ1v) is 6.80. The molecule has 1 unspecified atom stereocenters. The summed E-state index contributed by atoms with van der Waals surface area (Å²) in [7, 11) is -5.66. The smallest absolute Gasteiger partial charge is 0.370 e. The van der Waals surface area contributed by atoms with Crippen molar-refractivity contribution in [3.63, 3.8) is 0 Å². The van der Waals surface area contributed by atoms with Crippen LogP contribution in [0, 0.1) is 0 Å². The van der Waals surface area contributed by atoms with E-state index < -0.39 is 26.7 Å². The summed E-state index contributed by atoms with van der Waals surface area (Å²) in [6, 6.07) is 5.79. The van der Waals surface area contributed by atoms with E-state index in [1.807, 2.05) is 0 Å². The van der Waals surface area contributed by atoms with Crippen molar-refractivity contribution in [3.8, 4) is 0 Å². The molecule has 1 atom stereocenters. The Morgan fingerprint density at radius 2 is 1.83 bits per heavy atom. The van der Waals surface area contributed by atoms with E-state index in [1.165, 1.54) is 18.2 Å². The van der Waals surface area contributed by atoms with Crippen LogP contribution in [-0.2, 0) is 21.2 Å². The molecule has 0 amide bonds. The molecule has 2 rings (SSSR count). The lowest BCUT2D eigenvalue weighted by Gasteiger charge is -2.34. The lowest BCUT2D eigenvalue weighted by atomic mass is 9.89. The molecule has 0 heterocycles. The average molecular weight is 280 g/mol. The molecular formula is C11H11F3O3S. The average Bonchev–Trinajstić information content (AvgIpc) is 2.28. The van der Waals surface area contributed by atoms with Crippen LogP contribution in [-0.4, -0.2) is 19.0 Å². The quantitative estimate of drug-likeness (QED) is 0.857. The van der Waals surface area contributed by atoms with Gasteiger partial charge in [0, 0.05) is 5.56 Å². The number of alkyl halides is 3. The van der Waals surface area contributed by atoms with Gasteiger partial charge in [-0.15, -0.1) is 0 Å². The zero-order valence-electron chi connectivity index (χ0n) is 9.24. The minimum absolute atomic E-state index is 0.159. The largest absolute Gasteiger partial charge is 0.500 e. The predicted molar refractivity (Wildman–Crippen MR) is 58.3 cm³/mol. The van der Waals surface area contributed by atoms with E-state index in [-0.39, 0.29) is 12.0 Å². The van der Waals surface area contributed by atoms with Crippen LogP contribution in [0.5, 0.6) is 0 Å². The fraction of sp³-hybridized carbons (Fsp3) is 0.455. The van der Waals surface area contributed by atoms with Crippen molar-refractivity contribution in [1.29, 1.82) is 0 Å². The lowest BCUT2D eigenvalue weighted by molar-refractivity contribution is -0.0547. The lowest BCUT2D eigenvalue weighted by Crippen LogP contribution is -2.46. The van der Waals surface area contributed by atoms with E-state index in [0.717, 1.165) is 0 Å². The van der Waals surface area contributed by atoms with E-state index in [1.54, 1.807) is 6.07 Å². The van der Waals surface area contributed by atoms with Gasteiger partial charge in [-0.3, -0.25) is 0 Å². The van der Waals surface area contributed by atoms with Gasteiger partial charge in [0.1, 0.15) is 0 Å². The predicted octanol–water partition coefficient (Wildman–Crippen LogP) is 2.10. The molecular weight excluding hydrogens is 269 g/mol. The molecule has 0 saturated carbocycles. The van der Waals surface area contributed by atoms with Crippen molar-refractivity contribution >= 4 is 9.84 Å². The molecule has 1 aliphatic carbocycles. The number of aliphatic hydroxyl groups is 1. The van der Waals surface area contributed by atoms with Crippen LogP contribution in [0.4, 0.5) is 13.2 Å². The Balaban J connectivity index is 2.65. The Hall–Kier alpha value is -1.08. The van der Waals surface area contributed by atoms with Gasteiger partial charge >= 0.3 is 5.51 Å². The van der Waals surface area contributed by atoms with Gasteiger partial charge in [-0.2, -0.15) is 13.2 Å². The topological polar surface area (TPSA) is 54.4 Å². The molecule has 100 valence electrons. The standard InChI is InChI=1S/C11H11F3O3S/c12-11(13,14)18(16,17)10(15)7-3-5-8-4-1-2-6-9(8)10/h1-2,4,6,15H,3,5,7H2. The van der Waals surface area contributed by atoms with Crippen LogP contribution < -0.4 is 0 Å². The number of rotatable bonds is 1. The Bertz CT molecular complexity index is 565. The summed E-state index contributed by atoms with van der Waals surface area (Å²) >= 11 is 0. The summed E-state index contributed by atoms with van der Waals surface area (Å²) < 4.78 is 60.9. The van der Waals surface area contributed by atoms with E-state index in [0.29, 0.717) is 12.0 Å². The third-order valence-corrected chi connectivity index (χ3v) is 5.07. The van der Waals surface area contributed by atoms with Crippen LogP contribution in [0.1, 0.15) is 24.0 Å². The van der Waals surface area contributed by atoms with Crippen LogP contribution in [0.2, 0.25) is 0 Å². The summed E-state index contributed by atoms with van der Waals surface area (Å²) in [5, 5.41) is 10.1. The highest BCUT2D eigenvalue weighted by molar-refractivity contribution is 7.93. The van der Waals surface area contributed by atoms with Crippen LogP contribution >= 0.6 is 0 Å². The summed E-state index contributed by atoms with van der Waals surface area (Å²) in [5.41, 5.74) is -5.18. The summed E-state index contributed by atoms with van der Waals surface area (Å²) in [5.74, 6) is 0. The fourth-order valence-corrected chi connectivity index (χ4v) is 3.53. The molecule has 1 N–H and O–H groups in total. The zero-order valence-corrected chi connectivity index (χ0v) is 10.1. The number of hydrogen-bond donors (Lipinski definition) is 1. The molecule has 0 radical (unpaired) electrons. The molecule has 0 aromatic heterocycles. The molecule has 0 saturated heterocycles. The number of benzene rings is 1. The number of aryl methyl sites for hydroxylation is 1. The highest BCUT2D eigenvalue weighted by Crippen LogP contribution is 2.45. The molecule has 0 fully saturated rings. The highest BCUT2D eigenvalue weighted by atomic mass is 32.2. The normalized spacial score (nSPS) is 24.7. The SMILES string of the molecule is O=S(=O)(C(F)(F)F)C1(O)CCCc2ccccc21. The van der Waals surface area contributed by atoms with Gasteiger partial charge < -0.3 is 5.11 Å². The van der Waals surface area contributed by atoms with Crippen molar-refractivity contribution in [2.24, 2.45) is 0 Å². The molecule has 7 heteroatoms. The van der Waals surface area contributed by atoms with Crippen LogP contribution in [0.25, 0.3) is 0 Å². The van der Waals surface area contributed by atoms with E-state index in [2.05, 4.69) is 0 Å². The van der Waals surface area contributed by atoms with Crippen molar-refractivity contribution < 1.29 is 26.7 Å². The molecule has 1 aromatic carbocycles. The number of halogens is 3. The first-order chi connectivity index (χ1) is 8.20. The van der Waals surface area contributed by atoms with Gasteiger partial charge in [-0.05, 0) is 24.8 Å². The van der Waals surface area contributed by atoms with Crippen LogP contribution in [0.3, 0.4) is 0 Å². The summed E-state index contributed by atoms with van der Waals surface area (Å²) in [6.45, 7) is 0. The minimum atomic E-state index is -5.66. The molecule has 0 aliphatic heterocycles. The fourth-order valence-electron chi connectivity index (χ4n) is 2.24. The molecule has 0 spiro atoms. The number of sulfone groups is 1. The maximum absolute atomic E-state index is 12.6. The van der Waals surface area contributed by atoms with Gasteiger partial charge in [0.15, 0.2) is 0 Å². The maximum atomic E-state index is 12.6. The molecule has 0 bridgehead atoms. The third kappa shape index (κ3) is 1.73.